The normalized spacial score (nSPS) is 11.2. The van der Waals surface area contributed by atoms with Crippen LogP contribution in [0.5, 0.6) is 0 Å². The van der Waals surface area contributed by atoms with Gasteiger partial charge < -0.3 is 10.2 Å². The largest absolute Gasteiger partial charge is 0.481 e. The van der Waals surface area contributed by atoms with Crippen LogP contribution in [0.1, 0.15) is 35.9 Å². The first-order chi connectivity index (χ1) is 12.0. The molecule has 25 heavy (non-hydrogen) atoms. The minimum absolute atomic E-state index is 0.0154. The maximum Gasteiger partial charge on any atom is 0.303 e. The van der Waals surface area contributed by atoms with Crippen LogP contribution in [0.3, 0.4) is 0 Å². The van der Waals surface area contributed by atoms with Gasteiger partial charge in [0, 0.05) is 35.6 Å². The molecule has 3 rings (SSSR count). The van der Waals surface area contributed by atoms with Crippen LogP contribution in [-0.4, -0.2) is 30.8 Å². The fraction of sp³-hybridized carbons (Fsp3) is 0.316. The Balaban J connectivity index is 2.33. The summed E-state index contributed by atoms with van der Waals surface area (Å²) in [5, 5.41) is 23.5. The van der Waals surface area contributed by atoms with Crippen molar-refractivity contribution in [2.24, 2.45) is 0 Å². The Bertz CT molecular complexity index is 931. The van der Waals surface area contributed by atoms with E-state index in [0.717, 1.165) is 39.9 Å². The molecule has 0 saturated heterocycles. The van der Waals surface area contributed by atoms with Gasteiger partial charge in [-0.1, -0.05) is 6.92 Å². The number of aliphatic carboxylic acids is 1. The predicted molar refractivity (Wildman–Crippen MR) is 94.4 cm³/mol. The molecule has 6 heteroatoms. The molecular formula is C19H21N3O3. The number of aryl methyl sites for hydroxylation is 2. The molecule has 0 aliphatic rings. The number of hydrogen-bond donors (Lipinski definition) is 2. The number of hydrogen-bond acceptors (Lipinski definition) is 4. The van der Waals surface area contributed by atoms with E-state index in [-0.39, 0.29) is 13.0 Å². The summed E-state index contributed by atoms with van der Waals surface area (Å²) in [7, 11) is 0. The van der Waals surface area contributed by atoms with Crippen LogP contribution in [0.2, 0.25) is 0 Å². The van der Waals surface area contributed by atoms with E-state index in [2.05, 4.69) is 10.1 Å². The van der Waals surface area contributed by atoms with Crippen molar-refractivity contribution in [1.82, 2.24) is 14.6 Å². The van der Waals surface area contributed by atoms with Crippen LogP contribution in [-0.2, 0) is 24.2 Å². The molecule has 0 saturated carbocycles. The summed E-state index contributed by atoms with van der Waals surface area (Å²) < 4.78 is 1.84. The first kappa shape index (κ1) is 17.1. The Morgan fingerprint density at radius 1 is 1.28 bits per heavy atom. The molecule has 0 unspecified atom stereocenters. The second-order valence-corrected chi connectivity index (χ2v) is 6.08. The number of aromatic nitrogens is 3. The molecule has 0 radical (unpaired) electrons. The summed E-state index contributed by atoms with van der Waals surface area (Å²) in [5.41, 5.74) is 6.05. The van der Waals surface area contributed by atoms with E-state index in [1.54, 1.807) is 12.4 Å². The van der Waals surface area contributed by atoms with Crippen molar-refractivity contribution in [3.05, 3.63) is 53.1 Å². The van der Waals surface area contributed by atoms with Crippen LogP contribution in [0.15, 0.2) is 30.6 Å². The van der Waals surface area contributed by atoms with Crippen LogP contribution >= 0.6 is 0 Å². The number of aliphatic hydroxyl groups is 1. The molecular weight excluding hydrogens is 318 g/mol. The number of fused-ring (bicyclic) bond motifs is 1. The highest BCUT2D eigenvalue weighted by Crippen LogP contribution is 2.32. The molecule has 0 spiro atoms. The highest BCUT2D eigenvalue weighted by Gasteiger charge is 2.19. The Morgan fingerprint density at radius 2 is 2.08 bits per heavy atom. The van der Waals surface area contributed by atoms with Gasteiger partial charge in [0.05, 0.1) is 17.8 Å². The Kier molecular flexibility index (Phi) is 4.81. The highest BCUT2D eigenvalue weighted by atomic mass is 16.4. The SMILES string of the molecule is CCc1ccc2c(-c3cncc(C)c3)c(CCC(=O)O)c(CO)nn12. The minimum atomic E-state index is -0.873. The molecule has 0 aromatic carbocycles. The monoisotopic (exact) mass is 339 g/mol. The lowest BCUT2D eigenvalue weighted by Gasteiger charge is -2.16. The quantitative estimate of drug-likeness (QED) is 0.721. The number of aliphatic hydroxyl groups excluding tert-OH is 1. The number of pyridine rings is 1. The summed E-state index contributed by atoms with van der Waals surface area (Å²) in [6.07, 6.45) is 4.66. The maximum atomic E-state index is 11.1. The molecule has 3 aromatic rings. The Labute approximate surface area is 145 Å². The van der Waals surface area contributed by atoms with Crippen molar-refractivity contribution in [2.75, 3.05) is 0 Å². The maximum absolute atomic E-state index is 11.1. The van der Waals surface area contributed by atoms with Gasteiger partial charge in [0.25, 0.3) is 0 Å². The van der Waals surface area contributed by atoms with E-state index in [1.165, 1.54) is 0 Å². The van der Waals surface area contributed by atoms with Crippen LogP contribution in [0.4, 0.5) is 0 Å². The van der Waals surface area contributed by atoms with Crippen LogP contribution in [0.25, 0.3) is 16.6 Å². The van der Waals surface area contributed by atoms with Crippen LogP contribution in [0, 0.1) is 6.92 Å². The van der Waals surface area contributed by atoms with E-state index in [1.807, 2.05) is 36.6 Å². The predicted octanol–water partition coefficient (Wildman–Crippen LogP) is 2.78. The van der Waals surface area contributed by atoms with Gasteiger partial charge >= 0.3 is 5.97 Å². The van der Waals surface area contributed by atoms with Gasteiger partial charge in [-0.05, 0) is 49.1 Å². The summed E-state index contributed by atoms with van der Waals surface area (Å²) in [6, 6.07) is 6.03. The van der Waals surface area contributed by atoms with Crippen molar-refractivity contribution < 1.29 is 15.0 Å². The van der Waals surface area contributed by atoms with Crippen molar-refractivity contribution in [3.63, 3.8) is 0 Å². The van der Waals surface area contributed by atoms with E-state index >= 15 is 0 Å². The highest BCUT2D eigenvalue weighted by molar-refractivity contribution is 5.84. The zero-order valence-corrected chi connectivity index (χ0v) is 14.4. The third-order valence-corrected chi connectivity index (χ3v) is 4.33. The molecule has 0 amide bonds. The zero-order valence-electron chi connectivity index (χ0n) is 14.4. The molecule has 0 bridgehead atoms. The average Bonchev–Trinajstić information content (AvgIpc) is 3.01. The van der Waals surface area contributed by atoms with Crippen molar-refractivity contribution in [1.29, 1.82) is 0 Å². The van der Waals surface area contributed by atoms with Gasteiger partial charge in [-0.15, -0.1) is 0 Å². The van der Waals surface area contributed by atoms with Crippen LogP contribution < -0.4 is 0 Å². The topological polar surface area (TPSA) is 87.7 Å². The van der Waals surface area contributed by atoms with E-state index in [9.17, 15) is 9.90 Å². The number of carboxylic acid groups (broad SMARTS) is 1. The fourth-order valence-electron chi connectivity index (χ4n) is 3.17. The Hall–Kier alpha value is -2.73. The van der Waals surface area contributed by atoms with E-state index in [0.29, 0.717) is 12.1 Å². The molecule has 0 aliphatic carbocycles. The molecule has 2 N–H and O–H groups in total. The van der Waals surface area contributed by atoms with Gasteiger partial charge in [-0.25, -0.2) is 4.52 Å². The second kappa shape index (κ2) is 7.03. The first-order valence-corrected chi connectivity index (χ1v) is 8.32. The van der Waals surface area contributed by atoms with E-state index in [4.69, 9.17) is 5.11 Å². The molecule has 6 nitrogen and oxygen atoms in total. The molecule has 3 heterocycles. The molecule has 0 atom stereocenters. The standard InChI is InChI=1S/C19H21N3O3/c1-3-14-4-6-17-19(13-8-12(2)9-20-10-13)15(5-7-18(24)25)16(11-23)21-22(14)17/h4,6,8-10,23H,3,5,7,11H2,1-2H3,(H,24,25). The molecule has 130 valence electrons. The number of carboxylic acids is 1. The summed E-state index contributed by atoms with van der Waals surface area (Å²) in [5.74, 6) is -0.873. The lowest BCUT2D eigenvalue weighted by molar-refractivity contribution is -0.136. The molecule has 3 aromatic heterocycles. The third-order valence-electron chi connectivity index (χ3n) is 4.33. The van der Waals surface area contributed by atoms with Gasteiger partial charge in [0.15, 0.2) is 0 Å². The number of nitrogens with zero attached hydrogens (tertiary/aromatic N) is 3. The lowest BCUT2D eigenvalue weighted by atomic mass is 9.95. The summed E-state index contributed by atoms with van der Waals surface area (Å²) in [4.78, 5) is 15.4. The van der Waals surface area contributed by atoms with Crippen molar-refractivity contribution in [3.8, 4) is 11.1 Å². The minimum Gasteiger partial charge on any atom is -0.481 e. The van der Waals surface area contributed by atoms with Gasteiger partial charge in [0.2, 0.25) is 0 Å². The van der Waals surface area contributed by atoms with Crippen molar-refractivity contribution in [2.45, 2.75) is 39.7 Å². The zero-order chi connectivity index (χ0) is 18.0. The van der Waals surface area contributed by atoms with Gasteiger partial charge in [0.1, 0.15) is 0 Å². The third kappa shape index (κ3) is 3.25. The first-order valence-electron chi connectivity index (χ1n) is 8.32. The Morgan fingerprint density at radius 3 is 2.72 bits per heavy atom. The summed E-state index contributed by atoms with van der Waals surface area (Å²) in [6.45, 7) is 3.78. The van der Waals surface area contributed by atoms with Gasteiger partial charge in [-0.3, -0.25) is 9.78 Å². The molecule has 0 aliphatic heterocycles. The number of rotatable bonds is 6. The number of carbonyl (C=O) groups is 1. The average molecular weight is 339 g/mol. The second-order valence-electron chi connectivity index (χ2n) is 6.08. The summed E-state index contributed by atoms with van der Waals surface area (Å²) >= 11 is 0. The van der Waals surface area contributed by atoms with E-state index < -0.39 is 5.97 Å². The van der Waals surface area contributed by atoms with Crippen molar-refractivity contribution >= 4 is 11.5 Å². The fourth-order valence-corrected chi connectivity index (χ4v) is 3.17. The smallest absolute Gasteiger partial charge is 0.303 e. The lowest BCUT2D eigenvalue weighted by Crippen LogP contribution is -2.10. The molecule has 0 fully saturated rings. The van der Waals surface area contributed by atoms with Gasteiger partial charge in [-0.2, -0.15) is 5.10 Å².